The minimum atomic E-state index is 0. The van der Waals surface area contributed by atoms with Crippen LogP contribution in [0.3, 0.4) is 0 Å². The summed E-state index contributed by atoms with van der Waals surface area (Å²) in [5.41, 5.74) is 1.23. The molecule has 2 heterocycles. The predicted molar refractivity (Wildman–Crippen MR) is 99.7 cm³/mol. The van der Waals surface area contributed by atoms with Crippen LogP contribution in [0.15, 0.2) is 34.9 Å². The van der Waals surface area contributed by atoms with Crippen molar-refractivity contribution in [3.05, 3.63) is 40.3 Å². The van der Waals surface area contributed by atoms with Gasteiger partial charge < -0.3 is 10.6 Å². The molecule has 0 radical (unpaired) electrons. The quantitative estimate of drug-likeness (QED) is 0.428. The first-order valence-electron chi connectivity index (χ1n) is 6.72. The standard InChI is InChI=1S/C14H21N5S.HI/c1-15-14(17-8-6-13-4-3-9-20-13)16-7-5-12-10-18-19(2)11-12;/h3-4,9-11H,5-8H2,1-2H3,(H2,15,16,17);1H. The lowest BCUT2D eigenvalue weighted by Gasteiger charge is -2.10. The monoisotopic (exact) mass is 419 g/mol. The highest BCUT2D eigenvalue weighted by atomic mass is 127. The van der Waals surface area contributed by atoms with E-state index in [4.69, 9.17) is 0 Å². The van der Waals surface area contributed by atoms with E-state index < -0.39 is 0 Å². The van der Waals surface area contributed by atoms with Crippen LogP contribution < -0.4 is 10.6 Å². The van der Waals surface area contributed by atoms with Crippen LogP contribution in [0, 0.1) is 0 Å². The van der Waals surface area contributed by atoms with Gasteiger partial charge in [0.1, 0.15) is 0 Å². The van der Waals surface area contributed by atoms with Crippen LogP contribution in [0.4, 0.5) is 0 Å². The lowest BCUT2D eigenvalue weighted by molar-refractivity contribution is 0.764. The fourth-order valence-electron chi connectivity index (χ4n) is 1.91. The Morgan fingerprint density at radius 2 is 2.10 bits per heavy atom. The summed E-state index contributed by atoms with van der Waals surface area (Å²) < 4.78 is 1.82. The van der Waals surface area contributed by atoms with Crippen LogP contribution in [0.25, 0.3) is 0 Å². The average Bonchev–Trinajstić information content (AvgIpc) is 3.09. The Labute approximate surface area is 146 Å². The molecular weight excluding hydrogens is 397 g/mol. The number of aliphatic imine (C=N–C) groups is 1. The first kappa shape index (κ1) is 18.0. The number of aryl methyl sites for hydroxylation is 1. The maximum absolute atomic E-state index is 4.22. The number of thiophene rings is 1. The highest BCUT2D eigenvalue weighted by Gasteiger charge is 2.00. The highest BCUT2D eigenvalue weighted by molar-refractivity contribution is 14.0. The topological polar surface area (TPSA) is 54.2 Å². The second kappa shape index (κ2) is 9.78. The van der Waals surface area contributed by atoms with Gasteiger partial charge in [0.25, 0.3) is 0 Å². The Kier molecular flexibility index (Phi) is 8.36. The number of halogens is 1. The van der Waals surface area contributed by atoms with Crippen molar-refractivity contribution in [3.8, 4) is 0 Å². The Balaban J connectivity index is 0.00000220. The van der Waals surface area contributed by atoms with Crippen LogP contribution >= 0.6 is 35.3 Å². The van der Waals surface area contributed by atoms with Crippen molar-refractivity contribution in [2.45, 2.75) is 12.8 Å². The molecule has 7 heteroatoms. The van der Waals surface area contributed by atoms with Crippen LogP contribution in [0.1, 0.15) is 10.4 Å². The van der Waals surface area contributed by atoms with Gasteiger partial charge in [-0.3, -0.25) is 9.67 Å². The first-order valence-corrected chi connectivity index (χ1v) is 7.60. The van der Waals surface area contributed by atoms with Gasteiger partial charge in [0.2, 0.25) is 0 Å². The van der Waals surface area contributed by atoms with Crippen molar-refractivity contribution >= 4 is 41.3 Å². The molecule has 2 aromatic rings. The molecular formula is C14H22IN5S. The van der Waals surface area contributed by atoms with Crippen molar-refractivity contribution in [3.63, 3.8) is 0 Å². The molecule has 0 amide bonds. The van der Waals surface area contributed by atoms with E-state index in [1.807, 2.05) is 24.1 Å². The minimum Gasteiger partial charge on any atom is -0.356 e. The molecule has 0 aliphatic carbocycles. The van der Waals surface area contributed by atoms with Gasteiger partial charge in [-0.25, -0.2) is 0 Å². The third kappa shape index (κ3) is 6.47. The summed E-state index contributed by atoms with van der Waals surface area (Å²) in [6.45, 7) is 1.75. The van der Waals surface area contributed by atoms with Gasteiger partial charge in [-0.15, -0.1) is 35.3 Å². The SMILES string of the molecule is CN=C(NCCc1cnn(C)c1)NCCc1cccs1.I. The molecule has 0 saturated carbocycles. The Hall–Kier alpha value is -1.09. The summed E-state index contributed by atoms with van der Waals surface area (Å²) in [7, 11) is 3.73. The van der Waals surface area contributed by atoms with E-state index in [1.165, 1.54) is 10.4 Å². The average molecular weight is 419 g/mol. The molecule has 5 nitrogen and oxygen atoms in total. The zero-order valence-corrected chi connectivity index (χ0v) is 15.5. The Morgan fingerprint density at radius 1 is 1.33 bits per heavy atom. The molecule has 21 heavy (non-hydrogen) atoms. The largest absolute Gasteiger partial charge is 0.356 e. The fourth-order valence-corrected chi connectivity index (χ4v) is 2.61. The van der Waals surface area contributed by atoms with E-state index in [1.54, 1.807) is 18.4 Å². The maximum Gasteiger partial charge on any atom is 0.190 e. The van der Waals surface area contributed by atoms with Gasteiger partial charge in [0.05, 0.1) is 6.20 Å². The number of guanidine groups is 1. The molecule has 2 rings (SSSR count). The summed E-state index contributed by atoms with van der Waals surface area (Å²) in [6, 6.07) is 4.24. The fraction of sp³-hybridized carbons (Fsp3) is 0.429. The highest BCUT2D eigenvalue weighted by Crippen LogP contribution is 2.07. The zero-order chi connectivity index (χ0) is 14.2. The predicted octanol–water partition coefficient (Wildman–Crippen LogP) is 2.05. The van der Waals surface area contributed by atoms with Crippen molar-refractivity contribution < 1.29 is 0 Å². The van der Waals surface area contributed by atoms with Gasteiger partial charge >= 0.3 is 0 Å². The van der Waals surface area contributed by atoms with Gasteiger partial charge in [-0.1, -0.05) is 6.07 Å². The number of nitrogens with zero attached hydrogens (tertiary/aromatic N) is 3. The minimum absolute atomic E-state index is 0. The second-order valence-corrected chi connectivity index (χ2v) is 5.56. The van der Waals surface area contributed by atoms with Crippen molar-refractivity contribution in [1.29, 1.82) is 0 Å². The van der Waals surface area contributed by atoms with E-state index >= 15 is 0 Å². The number of hydrogen-bond acceptors (Lipinski definition) is 3. The lowest BCUT2D eigenvalue weighted by Crippen LogP contribution is -2.39. The normalized spacial score (nSPS) is 11.0. The molecule has 2 aromatic heterocycles. The Morgan fingerprint density at radius 3 is 2.67 bits per heavy atom. The van der Waals surface area contributed by atoms with E-state index in [0.717, 1.165) is 31.9 Å². The van der Waals surface area contributed by atoms with Gasteiger partial charge in [-0.05, 0) is 29.9 Å². The molecule has 0 aliphatic rings. The molecule has 0 bridgehead atoms. The van der Waals surface area contributed by atoms with E-state index in [2.05, 4.69) is 38.2 Å². The zero-order valence-electron chi connectivity index (χ0n) is 12.4. The number of hydrogen-bond donors (Lipinski definition) is 2. The van der Waals surface area contributed by atoms with Crippen LogP contribution in [-0.4, -0.2) is 35.9 Å². The van der Waals surface area contributed by atoms with Gasteiger partial charge in [0.15, 0.2) is 5.96 Å². The molecule has 116 valence electrons. The maximum atomic E-state index is 4.22. The summed E-state index contributed by atoms with van der Waals surface area (Å²) in [5.74, 6) is 0.852. The summed E-state index contributed by atoms with van der Waals surface area (Å²) >= 11 is 1.79. The van der Waals surface area contributed by atoms with Gasteiger partial charge in [0, 0.05) is 38.3 Å². The molecule has 2 N–H and O–H groups in total. The summed E-state index contributed by atoms with van der Waals surface area (Å²) in [4.78, 5) is 5.61. The van der Waals surface area contributed by atoms with E-state index in [9.17, 15) is 0 Å². The summed E-state index contributed by atoms with van der Waals surface area (Å²) in [5, 5.41) is 12.9. The number of nitrogens with one attached hydrogen (secondary N) is 2. The molecule has 0 unspecified atom stereocenters. The second-order valence-electron chi connectivity index (χ2n) is 4.53. The number of aromatic nitrogens is 2. The van der Waals surface area contributed by atoms with Crippen molar-refractivity contribution in [2.75, 3.05) is 20.1 Å². The molecule has 0 fully saturated rings. The van der Waals surface area contributed by atoms with Crippen LogP contribution in [-0.2, 0) is 19.9 Å². The molecule has 0 aliphatic heterocycles. The first-order chi connectivity index (χ1) is 9.78. The smallest absolute Gasteiger partial charge is 0.190 e. The van der Waals surface area contributed by atoms with E-state index in [0.29, 0.717) is 0 Å². The van der Waals surface area contributed by atoms with Gasteiger partial charge in [-0.2, -0.15) is 5.10 Å². The summed E-state index contributed by atoms with van der Waals surface area (Å²) in [6.07, 6.45) is 5.91. The lowest BCUT2D eigenvalue weighted by atomic mass is 10.2. The Bertz CT molecular complexity index is 535. The number of rotatable bonds is 6. The molecule has 0 saturated heterocycles. The van der Waals surface area contributed by atoms with Crippen molar-refractivity contribution in [1.82, 2.24) is 20.4 Å². The van der Waals surface area contributed by atoms with Crippen molar-refractivity contribution in [2.24, 2.45) is 12.0 Å². The molecule has 0 spiro atoms. The van der Waals surface area contributed by atoms with Crippen LogP contribution in [0.2, 0.25) is 0 Å². The molecule has 0 atom stereocenters. The van der Waals surface area contributed by atoms with Crippen LogP contribution in [0.5, 0.6) is 0 Å². The van der Waals surface area contributed by atoms with E-state index in [-0.39, 0.29) is 24.0 Å². The molecule has 0 aromatic carbocycles. The third-order valence-electron chi connectivity index (χ3n) is 2.93. The third-order valence-corrected chi connectivity index (χ3v) is 3.87.